The molecule has 0 aliphatic heterocycles. The fourth-order valence-corrected chi connectivity index (χ4v) is 1.13. The van der Waals surface area contributed by atoms with Crippen molar-refractivity contribution >= 4 is 5.91 Å². The van der Waals surface area contributed by atoms with Crippen molar-refractivity contribution in [1.29, 1.82) is 0 Å². The van der Waals surface area contributed by atoms with E-state index in [9.17, 15) is 4.79 Å². The number of rotatable bonds is 6. The van der Waals surface area contributed by atoms with Crippen LogP contribution >= 0.6 is 0 Å². The lowest BCUT2D eigenvalue weighted by molar-refractivity contribution is -0.122. The minimum atomic E-state index is -0.0333. The second-order valence-corrected chi connectivity index (χ2v) is 3.97. The van der Waals surface area contributed by atoms with Gasteiger partial charge in [0.1, 0.15) is 0 Å². The van der Waals surface area contributed by atoms with Crippen molar-refractivity contribution in [3.63, 3.8) is 0 Å². The van der Waals surface area contributed by atoms with Gasteiger partial charge in [-0.25, -0.2) is 0 Å². The molecule has 0 heterocycles. The average molecular weight is 202 g/mol. The van der Waals surface area contributed by atoms with Gasteiger partial charge >= 0.3 is 0 Å². The molecule has 4 nitrogen and oxygen atoms in total. The number of likely N-dealkylation sites (N-methyl/N-ethyl adjacent to an activating group) is 1. The number of hydrogen-bond acceptors (Lipinski definition) is 3. The van der Waals surface area contributed by atoms with Crippen LogP contribution in [-0.4, -0.2) is 48.7 Å². The summed E-state index contributed by atoms with van der Waals surface area (Å²) < 4.78 is 0. The zero-order chi connectivity index (χ0) is 11.1. The van der Waals surface area contributed by atoms with Crippen molar-refractivity contribution in [2.24, 2.45) is 5.92 Å². The highest BCUT2D eigenvalue weighted by atomic mass is 16.3. The van der Waals surface area contributed by atoms with E-state index in [1.54, 1.807) is 0 Å². The van der Waals surface area contributed by atoms with Crippen LogP contribution in [0.15, 0.2) is 0 Å². The van der Waals surface area contributed by atoms with E-state index in [0.29, 0.717) is 25.0 Å². The second kappa shape index (κ2) is 6.79. The molecule has 4 heteroatoms. The van der Waals surface area contributed by atoms with Crippen LogP contribution in [0.4, 0.5) is 0 Å². The molecule has 0 fully saturated rings. The van der Waals surface area contributed by atoms with Gasteiger partial charge in [-0.3, -0.25) is 9.69 Å². The Morgan fingerprint density at radius 3 is 2.43 bits per heavy atom. The van der Waals surface area contributed by atoms with Crippen LogP contribution in [-0.2, 0) is 4.79 Å². The molecule has 2 N–H and O–H groups in total. The molecule has 0 radical (unpaired) electrons. The van der Waals surface area contributed by atoms with Gasteiger partial charge in [0.05, 0.1) is 13.2 Å². The van der Waals surface area contributed by atoms with Crippen molar-refractivity contribution in [1.82, 2.24) is 10.2 Å². The van der Waals surface area contributed by atoms with Gasteiger partial charge in [-0.15, -0.1) is 0 Å². The van der Waals surface area contributed by atoms with E-state index in [-0.39, 0.29) is 12.5 Å². The van der Waals surface area contributed by atoms with Crippen LogP contribution in [0.5, 0.6) is 0 Å². The first-order valence-electron chi connectivity index (χ1n) is 5.06. The third-order valence-electron chi connectivity index (χ3n) is 2.49. The summed E-state index contributed by atoms with van der Waals surface area (Å²) in [5, 5.41) is 11.1. The maximum atomic E-state index is 11.3. The molecule has 0 aromatic heterocycles. The maximum Gasteiger partial charge on any atom is 0.234 e. The molecule has 1 atom stereocenters. The molecule has 0 aromatic carbocycles. The Balaban J connectivity index is 3.81. The number of carbonyl (C=O) groups is 1. The number of carbonyl (C=O) groups excluding carboxylic acids is 1. The van der Waals surface area contributed by atoms with Gasteiger partial charge in [0.25, 0.3) is 0 Å². The first kappa shape index (κ1) is 13.4. The van der Waals surface area contributed by atoms with E-state index in [1.807, 2.05) is 11.9 Å². The molecule has 0 spiro atoms. The number of aliphatic hydroxyl groups is 1. The molecule has 1 amide bonds. The van der Waals surface area contributed by atoms with Crippen molar-refractivity contribution in [3.05, 3.63) is 0 Å². The summed E-state index contributed by atoms with van der Waals surface area (Å²) in [6, 6.07) is 0.384. The van der Waals surface area contributed by atoms with Gasteiger partial charge in [0.15, 0.2) is 0 Å². The summed E-state index contributed by atoms with van der Waals surface area (Å²) in [6.45, 7) is 7.08. The molecule has 0 rings (SSSR count). The zero-order valence-electron chi connectivity index (χ0n) is 9.58. The molecule has 0 aromatic rings. The van der Waals surface area contributed by atoms with Crippen LogP contribution in [0, 0.1) is 5.92 Å². The molecule has 0 aliphatic rings. The van der Waals surface area contributed by atoms with Gasteiger partial charge in [-0.05, 0) is 19.9 Å². The first-order valence-corrected chi connectivity index (χ1v) is 5.06. The largest absolute Gasteiger partial charge is 0.395 e. The second-order valence-electron chi connectivity index (χ2n) is 3.97. The van der Waals surface area contributed by atoms with Crippen LogP contribution in [0.25, 0.3) is 0 Å². The number of nitrogens with zero attached hydrogens (tertiary/aromatic N) is 1. The van der Waals surface area contributed by atoms with Gasteiger partial charge in [-0.1, -0.05) is 13.8 Å². The predicted molar refractivity (Wildman–Crippen MR) is 57.0 cm³/mol. The third-order valence-corrected chi connectivity index (χ3v) is 2.49. The Kier molecular flexibility index (Phi) is 6.49. The maximum absolute atomic E-state index is 11.3. The van der Waals surface area contributed by atoms with Gasteiger partial charge in [0, 0.05) is 12.6 Å². The summed E-state index contributed by atoms with van der Waals surface area (Å²) in [6.07, 6.45) is 0. The van der Waals surface area contributed by atoms with Gasteiger partial charge < -0.3 is 10.4 Å². The molecule has 0 saturated carbocycles. The monoisotopic (exact) mass is 202 g/mol. The molecule has 0 aliphatic carbocycles. The highest BCUT2D eigenvalue weighted by molar-refractivity contribution is 5.77. The third kappa shape index (κ3) is 5.19. The van der Waals surface area contributed by atoms with Crippen molar-refractivity contribution in [2.45, 2.75) is 26.8 Å². The van der Waals surface area contributed by atoms with E-state index in [2.05, 4.69) is 26.1 Å². The number of amides is 1. The number of hydrogen-bond donors (Lipinski definition) is 2. The minimum Gasteiger partial charge on any atom is -0.395 e. The van der Waals surface area contributed by atoms with E-state index in [0.717, 1.165) is 0 Å². The standard InChI is InChI=1S/C10H22N2O2/c1-8(2)9(3)12(4)7-10(14)11-5-6-13/h8-9,13H,5-7H2,1-4H3,(H,11,14). The zero-order valence-corrected chi connectivity index (χ0v) is 9.58. The topological polar surface area (TPSA) is 52.6 Å². The highest BCUT2D eigenvalue weighted by Crippen LogP contribution is 2.06. The SMILES string of the molecule is CC(C)C(C)N(C)CC(=O)NCCO. The number of aliphatic hydroxyl groups excluding tert-OH is 1. The quantitative estimate of drug-likeness (QED) is 0.641. The van der Waals surface area contributed by atoms with Crippen molar-refractivity contribution in [2.75, 3.05) is 26.7 Å². The molecule has 0 bridgehead atoms. The Bertz CT molecular complexity index is 172. The van der Waals surface area contributed by atoms with E-state index in [1.165, 1.54) is 0 Å². The van der Waals surface area contributed by atoms with Gasteiger partial charge in [0.2, 0.25) is 5.91 Å². The smallest absolute Gasteiger partial charge is 0.234 e. The molecule has 84 valence electrons. The van der Waals surface area contributed by atoms with Crippen molar-refractivity contribution in [3.8, 4) is 0 Å². The molecule has 14 heavy (non-hydrogen) atoms. The summed E-state index contributed by atoms with van der Waals surface area (Å²) in [5.41, 5.74) is 0. The first-order chi connectivity index (χ1) is 6.49. The summed E-state index contributed by atoms with van der Waals surface area (Å²) in [7, 11) is 1.93. The molecular formula is C10H22N2O2. The molecule has 0 saturated heterocycles. The summed E-state index contributed by atoms with van der Waals surface area (Å²) >= 11 is 0. The van der Waals surface area contributed by atoms with E-state index >= 15 is 0 Å². The van der Waals surface area contributed by atoms with E-state index in [4.69, 9.17) is 5.11 Å². The fraction of sp³-hybridized carbons (Fsp3) is 0.900. The van der Waals surface area contributed by atoms with Crippen molar-refractivity contribution < 1.29 is 9.90 Å². The summed E-state index contributed by atoms with van der Waals surface area (Å²) in [4.78, 5) is 13.3. The fourth-order valence-electron chi connectivity index (χ4n) is 1.13. The van der Waals surface area contributed by atoms with Crippen LogP contribution < -0.4 is 5.32 Å². The predicted octanol–water partition coefficient (Wildman–Crippen LogP) is 0.0712. The number of nitrogens with one attached hydrogen (secondary N) is 1. The lowest BCUT2D eigenvalue weighted by atomic mass is 10.1. The Hall–Kier alpha value is -0.610. The van der Waals surface area contributed by atoms with Crippen LogP contribution in [0.2, 0.25) is 0 Å². The highest BCUT2D eigenvalue weighted by Gasteiger charge is 2.15. The average Bonchev–Trinajstić information content (AvgIpc) is 2.13. The Labute approximate surface area is 86.3 Å². The van der Waals surface area contributed by atoms with Crippen LogP contribution in [0.3, 0.4) is 0 Å². The van der Waals surface area contributed by atoms with Crippen LogP contribution in [0.1, 0.15) is 20.8 Å². The van der Waals surface area contributed by atoms with E-state index < -0.39 is 0 Å². The summed E-state index contributed by atoms with van der Waals surface area (Å²) in [5.74, 6) is 0.500. The molecular weight excluding hydrogens is 180 g/mol. The minimum absolute atomic E-state index is 0.00477. The van der Waals surface area contributed by atoms with Gasteiger partial charge in [-0.2, -0.15) is 0 Å². The Morgan fingerprint density at radius 2 is 2.00 bits per heavy atom. The lowest BCUT2D eigenvalue weighted by Crippen LogP contribution is -2.42. The molecule has 1 unspecified atom stereocenters. The normalized spacial score (nSPS) is 13.4. The Morgan fingerprint density at radius 1 is 1.43 bits per heavy atom. The lowest BCUT2D eigenvalue weighted by Gasteiger charge is -2.27.